The first kappa shape index (κ1) is 10.6. The summed E-state index contributed by atoms with van der Waals surface area (Å²) in [6.45, 7) is 2.49. The number of nitrogens with two attached hydrogens (primary N) is 1. The molecule has 0 atom stereocenters. The lowest BCUT2D eigenvalue weighted by molar-refractivity contribution is 0.101. The molecule has 0 saturated heterocycles. The fraction of sp³-hybridized carbons (Fsp3) is 0.222. The number of nitrogens with one attached hydrogen (secondary N) is 1. The summed E-state index contributed by atoms with van der Waals surface area (Å²) in [6.07, 6.45) is 3.10. The van der Waals surface area contributed by atoms with Crippen molar-refractivity contribution in [2.75, 3.05) is 11.1 Å². The van der Waals surface area contributed by atoms with E-state index in [-0.39, 0.29) is 5.91 Å². The van der Waals surface area contributed by atoms with Gasteiger partial charge in [-0.25, -0.2) is 4.98 Å². The third kappa shape index (κ3) is 1.89. The predicted octanol–water partition coefficient (Wildman–Crippen LogP) is 1.19. The molecule has 7 heteroatoms. The molecule has 2 heterocycles. The van der Waals surface area contributed by atoms with Crippen LogP contribution in [0.3, 0.4) is 0 Å². The van der Waals surface area contributed by atoms with E-state index in [1.807, 2.05) is 6.92 Å². The smallest absolute Gasteiger partial charge is 0.277 e. The molecule has 6 nitrogen and oxygen atoms in total. The van der Waals surface area contributed by atoms with Crippen molar-refractivity contribution in [1.29, 1.82) is 0 Å². The van der Waals surface area contributed by atoms with Crippen molar-refractivity contribution in [3.63, 3.8) is 0 Å². The SMILES string of the molecule is CCn1ncc(N)c1C(=O)Nc1nccs1. The van der Waals surface area contributed by atoms with E-state index in [4.69, 9.17) is 5.73 Å². The van der Waals surface area contributed by atoms with Crippen LogP contribution in [-0.4, -0.2) is 20.7 Å². The summed E-state index contributed by atoms with van der Waals surface area (Å²) in [7, 11) is 0. The van der Waals surface area contributed by atoms with Gasteiger partial charge in [-0.15, -0.1) is 11.3 Å². The molecule has 2 aromatic rings. The van der Waals surface area contributed by atoms with Crippen LogP contribution in [0.1, 0.15) is 17.4 Å². The maximum absolute atomic E-state index is 11.9. The van der Waals surface area contributed by atoms with Gasteiger partial charge in [0.15, 0.2) is 5.13 Å². The van der Waals surface area contributed by atoms with E-state index >= 15 is 0 Å². The van der Waals surface area contributed by atoms with Crippen molar-refractivity contribution < 1.29 is 4.79 Å². The molecule has 84 valence electrons. The quantitative estimate of drug-likeness (QED) is 0.839. The highest BCUT2D eigenvalue weighted by molar-refractivity contribution is 7.13. The molecule has 0 aliphatic rings. The van der Waals surface area contributed by atoms with Gasteiger partial charge in [-0.1, -0.05) is 0 Å². The second-order valence-electron chi connectivity index (χ2n) is 3.06. The van der Waals surface area contributed by atoms with Crippen molar-refractivity contribution in [3.8, 4) is 0 Å². The molecule has 0 unspecified atom stereocenters. The Kier molecular flexibility index (Phi) is 2.86. The van der Waals surface area contributed by atoms with Gasteiger partial charge in [0.25, 0.3) is 5.91 Å². The molecule has 0 aliphatic heterocycles. The Balaban J connectivity index is 2.23. The predicted molar refractivity (Wildman–Crippen MR) is 62.4 cm³/mol. The molecule has 1 amide bonds. The van der Waals surface area contributed by atoms with Gasteiger partial charge in [-0.3, -0.25) is 14.8 Å². The fourth-order valence-corrected chi connectivity index (χ4v) is 1.85. The molecule has 0 saturated carbocycles. The number of hydrogen-bond donors (Lipinski definition) is 2. The van der Waals surface area contributed by atoms with Gasteiger partial charge in [0.2, 0.25) is 0 Å². The molecular formula is C9H11N5OS. The van der Waals surface area contributed by atoms with Crippen molar-refractivity contribution in [2.45, 2.75) is 13.5 Å². The highest BCUT2D eigenvalue weighted by Gasteiger charge is 2.16. The monoisotopic (exact) mass is 237 g/mol. The molecule has 3 N–H and O–H groups in total. The minimum Gasteiger partial charge on any atom is -0.396 e. The minimum atomic E-state index is -0.285. The number of rotatable bonds is 3. The molecule has 0 fully saturated rings. The summed E-state index contributed by atoms with van der Waals surface area (Å²) in [6, 6.07) is 0. The Morgan fingerprint density at radius 1 is 1.69 bits per heavy atom. The number of aromatic nitrogens is 3. The number of aryl methyl sites for hydroxylation is 1. The number of thiazole rings is 1. The van der Waals surface area contributed by atoms with E-state index in [1.165, 1.54) is 17.5 Å². The van der Waals surface area contributed by atoms with Crippen LogP contribution in [-0.2, 0) is 6.54 Å². The topological polar surface area (TPSA) is 85.8 Å². The molecule has 0 bridgehead atoms. The summed E-state index contributed by atoms with van der Waals surface area (Å²) in [5.41, 5.74) is 6.43. The van der Waals surface area contributed by atoms with Crippen molar-refractivity contribution in [1.82, 2.24) is 14.8 Å². The highest BCUT2D eigenvalue weighted by Crippen LogP contribution is 2.15. The van der Waals surface area contributed by atoms with Gasteiger partial charge in [0.05, 0.1) is 11.9 Å². The summed E-state index contributed by atoms with van der Waals surface area (Å²) < 4.78 is 1.55. The third-order valence-corrected chi connectivity index (χ3v) is 2.72. The van der Waals surface area contributed by atoms with E-state index < -0.39 is 0 Å². The molecule has 16 heavy (non-hydrogen) atoms. The van der Waals surface area contributed by atoms with Crippen molar-refractivity contribution in [2.24, 2.45) is 0 Å². The second-order valence-corrected chi connectivity index (χ2v) is 3.95. The zero-order valence-electron chi connectivity index (χ0n) is 8.67. The second kappa shape index (κ2) is 4.31. The Hall–Kier alpha value is -1.89. The van der Waals surface area contributed by atoms with E-state index in [0.29, 0.717) is 23.1 Å². The van der Waals surface area contributed by atoms with Crippen LogP contribution in [0.25, 0.3) is 0 Å². The van der Waals surface area contributed by atoms with Gasteiger partial charge in [-0.05, 0) is 6.92 Å². The molecular weight excluding hydrogens is 226 g/mol. The normalized spacial score (nSPS) is 10.3. The van der Waals surface area contributed by atoms with Gasteiger partial charge >= 0.3 is 0 Å². The first-order valence-electron chi connectivity index (χ1n) is 4.74. The number of amides is 1. The Morgan fingerprint density at radius 3 is 3.12 bits per heavy atom. The average molecular weight is 237 g/mol. The van der Waals surface area contributed by atoms with Gasteiger partial charge in [0.1, 0.15) is 5.69 Å². The summed E-state index contributed by atoms with van der Waals surface area (Å²) >= 11 is 1.35. The number of hydrogen-bond acceptors (Lipinski definition) is 5. The standard InChI is InChI=1S/C9H11N5OS/c1-2-14-7(6(10)5-12-14)8(15)13-9-11-3-4-16-9/h3-5H,2,10H2,1H3,(H,11,13,15). The lowest BCUT2D eigenvalue weighted by Crippen LogP contribution is -2.18. The van der Waals surface area contributed by atoms with Gasteiger partial charge in [0, 0.05) is 18.1 Å². The van der Waals surface area contributed by atoms with Crippen LogP contribution >= 0.6 is 11.3 Å². The number of nitrogen functional groups attached to an aromatic ring is 1. The summed E-state index contributed by atoms with van der Waals surface area (Å²) in [4.78, 5) is 15.9. The largest absolute Gasteiger partial charge is 0.396 e. The first-order valence-corrected chi connectivity index (χ1v) is 5.62. The van der Waals surface area contributed by atoms with Gasteiger partial charge < -0.3 is 5.73 Å². The zero-order chi connectivity index (χ0) is 11.5. The zero-order valence-corrected chi connectivity index (χ0v) is 9.49. The summed E-state index contributed by atoms with van der Waals surface area (Å²) in [5.74, 6) is -0.285. The molecule has 2 rings (SSSR count). The lowest BCUT2D eigenvalue weighted by atomic mass is 10.3. The third-order valence-electron chi connectivity index (χ3n) is 2.04. The van der Waals surface area contributed by atoms with Crippen LogP contribution in [0.2, 0.25) is 0 Å². The summed E-state index contributed by atoms with van der Waals surface area (Å²) in [5, 5.41) is 9.00. The number of carbonyl (C=O) groups is 1. The molecule has 0 aromatic carbocycles. The number of nitrogens with zero attached hydrogens (tertiary/aromatic N) is 3. The van der Waals surface area contributed by atoms with Crippen LogP contribution in [0.15, 0.2) is 17.8 Å². The van der Waals surface area contributed by atoms with Crippen molar-refractivity contribution in [3.05, 3.63) is 23.5 Å². The molecule has 2 aromatic heterocycles. The number of anilines is 2. The van der Waals surface area contributed by atoms with Crippen LogP contribution in [0.4, 0.5) is 10.8 Å². The maximum Gasteiger partial charge on any atom is 0.277 e. The Bertz CT molecular complexity index is 490. The number of carbonyl (C=O) groups excluding carboxylic acids is 1. The fourth-order valence-electron chi connectivity index (χ4n) is 1.33. The van der Waals surface area contributed by atoms with Crippen LogP contribution in [0.5, 0.6) is 0 Å². The molecule has 0 spiro atoms. The van der Waals surface area contributed by atoms with E-state index in [9.17, 15) is 4.79 Å². The molecule has 0 radical (unpaired) electrons. The van der Waals surface area contributed by atoms with E-state index in [0.717, 1.165) is 0 Å². The van der Waals surface area contributed by atoms with E-state index in [1.54, 1.807) is 16.3 Å². The Morgan fingerprint density at radius 2 is 2.50 bits per heavy atom. The minimum absolute atomic E-state index is 0.285. The van der Waals surface area contributed by atoms with Crippen LogP contribution in [0, 0.1) is 0 Å². The van der Waals surface area contributed by atoms with Crippen molar-refractivity contribution >= 4 is 28.1 Å². The lowest BCUT2D eigenvalue weighted by Gasteiger charge is -2.04. The molecule has 0 aliphatic carbocycles. The van der Waals surface area contributed by atoms with E-state index in [2.05, 4.69) is 15.4 Å². The van der Waals surface area contributed by atoms with Gasteiger partial charge in [-0.2, -0.15) is 5.10 Å². The Labute approximate surface area is 96.1 Å². The highest BCUT2D eigenvalue weighted by atomic mass is 32.1. The maximum atomic E-state index is 11.9. The first-order chi connectivity index (χ1) is 7.72. The van der Waals surface area contributed by atoms with Crippen LogP contribution < -0.4 is 11.1 Å². The average Bonchev–Trinajstić information content (AvgIpc) is 2.87.